The maximum atomic E-state index is 13.1. The summed E-state index contributed by atoms with van der Waals surface area (Å²) in [7, 11) is 0. The molecule has 28 heavy (non-hydrogen) atoms. The van der Waals surface area contributed by atoms with Crippen LogP contribution < -0.4 is 5.32 Å². The van der Waals surface area contributed by atoms with Crippen LogP contribution in [0.5, 0.6) is 0 Å². The van der Waals surface area contributed by atoms with Gasteiger partial charge in [0.2, 0.25) is 0 Å². The van der Waals surface area contributed by atoms with E-state index in [1.807, 2.05) is 62.4 Å². The van der Waals surface area contributed by atoms with Gasteiger partial charge < -0.3 is 10.2 Å². The molecule has 0 aliphatic carbocycles. The summed E-state index contributed by atoms with van der Waals surface area (Å²) in [5.41, 5.74) is 2.38. The lowest BCUT2D eigenvalue weighted by molar-refractivity contribution is 0.0690. The molecule has 0 bridgehead atoms. The molecule has 2 aromatic carbocycles. The van der Waals surface area contributed by atoms with Crippen molar-refractivity contribution in [2.75, 3.05) is 5.32 Å². The summed E-state index contributed by atoms with van der Waals surface area (Å²) < 4.78 is 0. The van der Waals surface area contributed by atoms with Gasteiger partial charge in [-0.15, -0.1) is 0 Å². The second kappa shape index (κ2) is 8.95. The number of benzene rings is 2. The molecule has 1 heterocycles. The first kappa shape index (κ1) is 19.3. The molecular weight excluding hydrogens is 350 g/mol. The molecule has 0 unspecified atom stereocenters. The minimum atomic E-state index is -0.347. The Morgan fingerprint density at radius 1 is 0.964 bits per heavy atom. The van der Waals surface area contributed by atoms with Gasteiger partial charge in [-0.25, -0.2) is 0 Å². The molecule has 0 atom stereocenters. The monoisotopic (exact) mass is 373 g/mol. The molecule has 5 nitrogen and oxygen atoms in total. The van der Waals surface area contributed by atoms with E-state index in [-0.39, 0.29) is 23.6 Å². The third-order valence-corrected chi connectivity index (χ3v) is 4.35. The van der Waals surface area contributed by atoms with Crippen molar-refractivity contribution >= 4 is 17.5 Å². The summed E-state index contributed by atoms with van der Waals surface area (Å²) in [6, 6.07) is 22.2. The Labute approximate surface area is 165 Å². The van der Waals surface area contributed by atoms with Crippen molar-refractivity contribution < 1.29 is 9.59 Å². The number of anilines is 1. The van der Waals surface area contributed by atoms with E-state index in [1.165, 1.54) is 6.20 Å². The summed E-state index contributed by atoms with van der Waals surface area (Å²) in [5.74, 6) is -0.477. The second-order valence-electron chi connectivity index (χ2n) is 6.76. The number of carbonyl (C=O) groups excluding carboxylic acids is 2. The molecule has 0 radical (unpaired) electrons. The number of amides is 2. The number of carbonyl (C=O) groups is 2. The van der Waals surface area contributed by atoms with Crippen LogP contribution in [0.1, 0.15) is 40.3 Å². The maximum absolute atomic E-state index is 13.1. The summed E-state index contributed by atoms with van der Waals surface area (Å²) in [4.78, 5) is 31.5. The summed E-state index contributed by atoms with van der Waals surface area (Å²) in [6.07, 6.45) is 1.49. The van der Waals surface area contributed by atoms with Crippen molar-refractivity contribution in [1.29, 1.82) is 0 Å². The fourth-order valence-electron chi connectivity index (χ4n) is 2.84. The lowest BCUT2D eigenvalue weighted by Gasteiger charge is -2.27. The predicted octanol–water partition coefficient (Wildman–Crippen LogP) is 4.38. The molecule has 3 aromatic rings. The zero-order valence-electron chi connectivity index (χ0n) is 16.0. The van der Waals surface area contributed by atoms with Crippen molar-refractivity contribution in [3.63, 3.8) is 0 Å². The van der Waals surface area contributed by atoms with Crippen LogP contribution in [0.2, 0.25) is 0 Å². The van der Waals surface area contributed by atoms with Gasteiger partial charge in [-0.1, -0.05) is 48.5 Å². The van der Waals surface area contributed by atoms with Crippen LogP contribution in [0.4, 0.5) is 5.69 Å². The number of pyridine rings is 1. The number of nitrogens with one attached hydrogen (secondary N) is 1. The highest BCUT2D eigenvalue weighted by Gasteiger charge is 2.20. The van der Waals surface area contributed by atoms with Crippen molar-refractivity contribution in [3.8, 4) is 0 Å². The van der Waals surface area contributed by atoms with Crippen LogP contribution in [0.3, 0.4) is 0 Å². The van der Waals surface area contributed by atoms with E-state index in [9.17, 15) is 9.59 Å². The molecule has 0 saturated heterocycles. The molecule has 0 saturated carbocycles. The molecule has 0 aliphatic heterocycles. The first-order valence-electron chi connectivity index (χ1n) is 9.22. The number of hydrogen-bond donors (Lipinski definition) is 1. The largest absolute Gasteiger partial charge is 0.332 e. The molecule has 1 aromatic heterocycles. The van der Waals surface area contributed by atoms with Crippen LogP contribution >= 0.6 is 0 Å². The van der Waals surface area contributed by atoms with E-state index in [0.717, 1.165) is 5.56 Å². The predicted molar refractivity (Wildman–Crippen MR) is 110 cm³/mol. The van der Waals surface area contributed by atoms with Gasteiger partial charge >= 0.3 is 0 Å². The van der Waals surface area contributed by atoms with E-state index in [2.05, 4.69) is 10.3 Å². The highest BCUT2D eigenvalue weighted by atomic mass is 16.2. The molecule has 5 heteroatoms. The lowest BCUT2D eigenvalue weighted by atomic mass is 10.1. The van der Waals surface area contributed by atoms with E-state index in [4.69, 9.17) is 0 Å². The third-order valence-electron chi connectivity index (χ3n) is 4.35. The Morgan fingerprint density at radius 2 is 1.61 bits per heavy atom. The standard InChI is InChI=1S/C23H23N3O2/c1-17(2)26(16-18-9-5-3-6-10-18)23(28)19-13-14-24-21(15-19)22(27)25-20-11-7-4-8-12-20/h3-15,17H,16H2,1-2H3,(H,25,27). The number of nitrogens with zero attached hydrogens (tertiary/aromatic N) is 2. The molecule has 0 aliphatic rings. The maximum Gasteiger partial charge on any atom is 0.274 e. The van der Waals surface area contributed by atoms with Crippen LogP contribution in [0.15, 0.2) is 79.0 Å². The number of aromatic nitrogens is 1. The van der Waals surface area contributed by atoms with Gasteiger partial charge in [-0.2, -0.15) is 0 Å². The zero-order chi connectivity index (χ0) is 19.9. The number of hydrogen-bond acceptors (Lipinski definition) is 3. The molecule has 1 N–H and O–H groups in total. The quantitative estimate of drug-likeness (QED) is 0.697. The molecule has 0 fully saturated rings. The lowest BCUT2D eigenvalue weighted by Crippen LogP contribution is -2.36. The van der Waals surface area contributed by atoms with E-state index >= 15 is 0 Å². The van der Waals surface area contributed by atoms with Gasteiger partial charge in [0.05, 0.1) is 0 Å². The Bertz CT molecular complexity index is 940. The Balaban J connectivity index is 1.79. The molecule has 3 rings (SSSR count). The van der Waals surface area contributed by atoms with E-state index < -0.39 is 0 Å². The minimum absolute atomic E-state index is 0.0162. The Hall–Kier alpha value is -3.47. The van der Waals surface area contributed by atoms with Crippen molar-refractivity contribution in [2.45, 2.75) is 26.4 Å². The second-order valence-corrected chi connectivity index (χ2v) is 6.76. The van der Waals surface area contributed by atoms with Crippen LogP contribution in [0.25, 0.3) is 0 Å². The average Bonchev–Trinajstić information content (AvgIpc) is 2.73. The average molecular weight is 373 g/mol. The molecule has 2 amide bonds. The van der Waals surface area contributed by atoms with E-state index in [1.54, 1.807) is 29.2 Å². The zero-order valence-corrected chi connectivity index (χ0v) is 16.0. The van der Waals surface area contributed by atoms with Crippen LogP contribution in [-0.4, -0.2) is 27.7 Å². The molecular formula is C23H23N3O2. The van der Waals surface area contributed by atoms with Crippen LogP contribution in [0, 0.1) is 0 Å². The van der Waals surface area contributed by atoms with Gasteiger partial charge in [0.25, 0.3) is 11.8 Å². The Morgan fingerprint density at radius 3 is 2.25 bits per heavy atom. The number of rotatable bonds is 6. The molecule has 142 valence electrons. The van der Waals surface area contributed by atoms with Gasteiger partial charge in [-0.3, -0.25) is 14.6 Å². The van der Waals surface area contributed by atoms with Crippen molar-refractivity contribution in [3.05, 3.63) is 95.8 Å². The normalized spacial score (nSPS) is 10.5. The first-order chi connectivity index (χ1) is 13.5. The SMILES string of the molecule is CC(C)N(Cc1ccccc1)C(=O)c1ccnc(C(=O)Nc2ccccc2)c1. The first-order valence-corrected chi connectivity index (χ1v) is 9.22. The highest BCUT2D eigenvalue weighted by molar-refractivity contribution is 6.04. The summed E-state index contributed by atoms with van der Waals surface area (Å²) in [5, 5.41) is 2.79. The van der Waals surface area contributed by atoms with Gasteiger partial charge in [0, 0.05) is 30.0 Å². The fourth-order valence-corrected chi connectivity index (χ4v) is 2.84. The van der Waals surface area contributed by atoms with Crippen molar-refractivity contribution in [1.82, 2.24) is 9.88 Å². The smallest absolute Gasteiger partial charge is 0.274 e. The van der Waals surface area contributed by atoms with Crippen molar-refractivity contribution in [2.24, 2.45) is 0 Å². The summed E-state index contributed by atoms with van der Waals surface area (Å²) >= 11 is 0. The third kappa shape index (κ3) is 4.82. The van der Waals surface area contributed by atoms with Gasteiger partial charge in [0.15, 0.2) is 0 Å². The number of para-hydroxylation sites is 1. The minimum Gasteiger partial charge on any atom is -0.332 e. The topological polar surface area (TPSA) is 62.3 Å². The highest BCUT2D eigenvalue weighted by Crippen LogP contribution is 2.15. The van der Waals surface area contributed by atoms with Gasteiger partial charge in [-0.05, 0) is 43.7 Å². The Kier molecular flexibility index (Phi) is 6.17. The molecule has 0 spiro atoms. The fraction of sp³-hybridized carbons (Fsp3) is 0.174. The van der Waals surface area contributed by atoms with Crippen LogP contribution in [-0.2, 0) is 6.54 Å². The van der Waals surface area contributed by atoms with E-state index in [0.29, 0.717) is 17.8 Å². The van der Waals surface area contributed by atoms with Gasteiger partial charge in [0.1, 0.15) is 5.69 Å². The summed E-state index contributed by atoms with van der Waals surface area (Å²) in [6.45, 7) is 4.46.